The highest BCUT2D eigenvalue weighted by atomic mass is 35.5. The van der Waals surface area contributed by atoms with Crippen molar-refractivity contribution in [3.8, 4) is 0 Å². The lowest BCUT2D eigenvalue weighted by atomic mass is 10.1. The molecule has 1 fully saturated rings. The monoisotopic (exact) mass is 270 g/mol. The second kappa shape index (κ2) is 5.08. The fraction of sp³-hybridized carbons (Fsp3) is 0.273. The number of carbonyl (C=O) groups is 2. The van der Waals surface area contributed by atoms with Crippen LogP contribution in [-0.4, -0.2) is 29.1 Å². The van der Waals surface area contributed by atoms with Crippen LogP contribution in [0.15, 0.2) is 24.3 Å². The minimum atomic E-state index is -0.493. The summed E-state index contributed by atoms with van der Waals surface area (Å²) in [5, 5.41) is -0.182. The Bertz CT molecular complexity index is 467. The number of benzene rings is 1. The van der Waals surface area contributed by atoms with Gasteiger partial charge in [0.1, 0.15) is 5.25 Å². The number of thioether (sulfide) groups is 1. The predicted octanol–water partition coefficient (Wildman–Crippen LogP) is 2.04. The van der Waals surface area contributed by atoms with Crippen molar-refractivity contribution in [3.05, 3.63) is 34.9 Å². The zero-order valence-corrected chi connectivity index (χ0v) is 10.5. The Morgan fingerprint density at radius 3 is 2.82 bits per heavy atom. The molecule has 0 saturated carbocycles. The van der Waals surface area contributed by atoms with E-state index in [4.69, 9.17) is 17.3 Å². The van der Waals surface area contributed by atoms with Gasteiger partial charge in [-0.2, -0.15) is 0 Å². The Morgan fingerprint density at radius 1 is 1.41 bits per heavy atom. The molecule has 0 aromatic heterocycles. The number of hydrogen-bond donors (Lipinski definition) is 1. The third kappa shape index (κ3) is 2.46. The van der Waals surface area contributed by atoms with Gasteiger partial charge < -0.3 is 5.73 Å². The van der Waals surface area contributed by atoms with Crippen molar-refractivity contribution < 1.29 is 9.59 Å². The van der Waals surface area contributed by atoms with Gasteiger partial charge in [0, 0.05) is 18.1 Å². The van der Waals surface area contributed by atoms with E-state index in [2.05, 4.69) is 0 Å². The summed E-state index contributed by atoms with van der Waals surface area (Å²) in [4.78, 5) is 24.8. The van der Waals surface area contributed by atoms with Gasteiger partial charge >= 0.3 is 0 Å². The van der Waals surface area contributed by atoms with E-state index in [1.165, 1.54) is 4.90 Å². The first-order chi connectivity index (χ1) is 8.13. The van der Waals surface area contributed by atoms with E-state index in [1.807, 2.05) is 0 Å². The number of amides is 2. The predicted molar refractivity (Wildman–Crippen MR) is 67.9 cm³/mol. The lowest BCUT2D eigenvalue weighted by Gasteiger charge is -2.12. The summed E-state index contributed by atoms with van der Waals surface area (Å²) in [6.07, 6.45) is 0. The number of rotatable bonds is 3. The van der Waals surface area contributed by atoms with Crippen LogP contribution in [0.4, 0.5) is 4.79 Å². The Hall–Kier alpha value is -1.04. The van der Waals surface area contributed by atoms with Crippen LogP contribution in [0.25, 0.3) is 0 Å². The zero-order chi connectivity index (χ0) is 12.4. The molecule has 2 amide bonds. The molecule has 0 bridgehead atoms. The molecule has 0 radical (unpaired) electrons. The van der Waals surface area contributed by atoms with Crippen molar-refractivity contribution in [1.82, 2.24) is 4.90 Å². The summed E-state index contributed by atoms with van der Waals surface area (Å²) in [5.41, 5.74) is 6.11. The molecule has 1 aliphatic heterocycles. The molecule has 0 unspecified atom stereocenters. The third-order valence-corrected chi connectivity index (χ3v) is 3.80. The van der Waals surface area contributed by atoms with Crippen molar-refractivity contribution in [2.75, 3.05) is 13.1 Å². The molecule has 1 atom stereocenters. The standard InChI is InChI=1S/C11H11ClN2O2S/c12-8-3-1-2-7(6-8)9-10(15)14(5-4-13)11(16)17-9/h1-3,6,9H,4-5,13H2/t9-/m0/s1. The average molecular weight is 271 g/mol. The molecule has 90 valence electrons. The summed E-state index contributed by atoms with van der Waals surface area (Å²) < 4.78 is 0. The Morgan fingerprint density at radius 2 is 2.18 bits per heavy atom. The van der Waals surface area contributed by atoms with Gasteiger partial charge in [0.05, 0.1) is 0 Å². The first-order valence-electron chi connectivity index (χ1n) is 5.11. The number of halogens is 1. The summed E-state index contributed by atoms with van der Waals surface area (Å²) in [6, 6.07) is 6.99. The van der Waals surface area contributed by atoms with Crippen LogP contribution >= 0.6 is 23.4 Å². The van der Waals surface area contributed by atoms with E-state index in [0.717, 1.165) is 17.3 Å². The van der Waals surface area contributed by atoms with E-state index >= 15 is 0 Å². The third-order valence-electron chi connectivity index (χ3n) is 2.43. The molecule has 17 heavy (non-hydrogen) atoms. The summed E-state index contributed by atoms with van der Waals surface area (Å²) >= 11 is 6.87. The van der Waals surface area contributed by atoms with Gasteiger partial charge in [-0.3, -0.25) is 14.5 Å². The van der Waals surface area contributed by atoms with E-state index in [9.17, 15) is 9.59 Å². The quantitative estimate of drug-likeness (QED) is 0.913. The molecule has 1 aliphatic rings. The van der Waals surface area contributed by atoms with Gasteiger partial charge in [0.2, 0.25) is 5.91 Å². The average Bonchev–Trinajstić information content (AvgIpc) is 2.57. The highest BCUT2D eigenvalue weighted by molar-refractivity contribution is 8.14. The highest BCUT2D eigenvalue weighted by Gasteiger charge is 2.39. The van der Waals surface area contributed by atoms with Gasteiger partial charge in [-0.15, -0.1) is 0 Å². The van der Waals surface area contributed by atoms with Crippen LogP contribution in [0.5, 0.6) is 0 Å². The smallest absolute Gasteiger partial charge is 0.289 e. The number of nitrogens with zero attached hydrogens (tertiary/aromatic N) is 1. The fourth-order valence-electron chi connectivity index (χ4n) is 1.66. The van der Waals surface area contributed by atoms with Crippen LogP contribution in [0.3, 0.4) is 0 Å². The van der Waals surface area contributed by atoms with E-state index in [-0.39, 0.29) is 24.2 Å². The lowest BCUT2D eigenvalue weighted by molar-refractivity contribution is -0.126. The molecule has 1 aromatic rings. The molecule has 1 heterocycles. The van der Waals surface area contributed by atoms with Crippen molar-refractivity contribution in [3.63, 3.8) is 0 Å². The van der Waals surface area contributed by atoms with Crippen molar-refractivity contribution >= 4 is 34.5 Å². The first kappa shape index (κ1) is 12.4. The number of nitrogens with two attached hydrogens (primary N) is 1. The zero-order valence-electron chi connectivity index (χ0n) is 8.93. The summed E-state index contributed by atoms with van der Waals surface area (Å²) in [6.45, 7) is 0.544. The number of imide groups is 1. The highest BCUT2D eigenvalue weighted by Crippen LogP contribution is 2.39. The van der Waals surface area contributed by atoms with Gasteiger partial charge in [-0.25, -0.2) is 0 Å². The van der Waals surface area contributed by atoms with Crippen LogP contribution in [0.2, 0.25) is 5.02 Å². The van der Waals surface area contributed by atoms with Gasteiger partial charge in [-0.05, 0) is 29.5 Å². The van der Waals surface area contributed by atoms with E-state index in [1.54, 1.807) is 24.3 Å². The molecule has 2 rings (SSSR count). The van der Waals surface area contributed by atoms with Crippen LogP contribution in [0, 0.1) is 0 Å². The molecule has 1 aromatic carbocycles. The Kier molecular flexibility index (Phi) is 3.71. The first-order valence-corrected chi connectivity index (χ1v) is 6.37. The Balaban J connectivity index is 2.24. The molecular weight excluding hydrogens is 260 g/mol. The molecule has 1 saturated heterocycles. The van der Waals surface area contributed by atoms with Crippen LogP contribution in [-0.2, 0) is 4.79 Å². The number of carbonyl (C=O) groups excluding carboxylic acids is 2. The maximum atomic E-state index is 12.0. The normalized spacial score (nSPS) is 20.1. The summed E-state index contributed by atoms with van der Waals surface area (Å²) in [5.74, 6) is -0.215. The molecule has 4 nitrogen and oxygen atoms in total. The minimum Gasteiger partial charge on any atom is -0.329 e. The Labute approximate surface area is 108 Å². The molecular formula is C11H11ClN2O2S. The molecule has 0 aliphatic carbocycles. The van der Waals surface area contributed by atoms with Gasteiger partial charge in [0.15, 0.2) is 0 Å². The number of hydrogen-bond acceptors (Lipinski definition) is 4. The summed E-state index contributed by atoms with van der Waals surface area (Å²) in [7, 11) is 0. The van der Waals surface area contributed by atoms with Gasteiger partial charge in [-0.1, -0.05) is 23.7 Å². The molecule has 0 spiro atoms. The van der Waals surface area contributed by atoms with E-state index < -0.39 is 5.25 Å². The molecule has 6 heteroatoms. The molecule has 2 N–H and O–H groups in total. The topological polar surface area (TPSA) is 63.4 Å². The largest absolute Gasteiger partial charge is 0.329 e. The van der Waals surface area contributed by atoms with E-state index in [0.29, 0.717) is 5.02 Å². The maximum Gasteiger partial charge on any atom is 0.289 e. The second-order valence-corrected chi connectivity index (χ2v) is 5.09. The minimum absolute atomic E-state index is 0.215. The second-order valence-electron chi connectivity index (χ2n) is 3.60. The SMILES string of the molecule is NCCN1C(=O)S[C@@H](c2cccc(Cl)c2)C1=O. The van der Waals surface area contributed by atoms with Crippen LogP contribution < -0.4 is 5.73 Å². The fourth-order valence-corrected chi connectivity index (χ4v) is 2.88. The van der Waals surface area contributed by atoms with Crippen molar-refractivity contribution in [1.29, 1.82) is 0 Å². The van der Waals surface area contributed by atoms with Crippen molar-refractivity contribution in [2.45, 2.75) is 5.25 Å². The maximum absolute atomic E-state index is 12.0. The van der Waals surface area contributed by atoms with Crippen LogP contribution in [0.1, 0.15) is 10.8 Å². The van der Waals surface area contributed by atoms with Crippen molar-refractivity contribution in [2.24, 2.45) is 5.73 Å². The lowest BCUT2D eigenvalue weighted by Crippen LogP contribution is -2.34. The van der Waals surface area contributed by atoms with Gasteiger partial charge in [0.25, 0.3) is 5.24 Å².